The molecule has 1 unspecified atom stereocenters. The lowest BCUT2D eigenvalue weighted by molar-refractivity contribution is 0.0648. The maximum Gasteiger partial charge on any atom is 0.139 e. The Labute approximate surface area is 95.7 Å². The summed E-state index contributed by atoms with van der Waals surface area (Å²) in [5.41, 5.74) is 6.50. The van der Waals surface area contributed by atoms with Crippen LogP contribution in [0.5, 0.6) is 0 Å². The Bertz CT molecular complexity index is 325. The number of benzene rings is 1. The number of nitrogens with zero attached hydrogens (tertiary/aromatic N) is 1. The van der Waals surface area contributed by atoms with Crippen LogP contribution in [0.25, 0.3) is 0 Å². The molecule has 1 atom stereocenters. The number of hydrogen-bond donors (Lipinski definition) is 2. The van der Waals surface area contributed by atoms with Crippen LogP contribution in [-0.2, 0) is 4.74 Å². The first-order valence-corrected chi connectivity index (χ1v) is 5.37. The number of oxime groups is 1. The Morgan fingerprint density at radius 2 is 2.12 bits per heavy atom. The van der Waals surface area contributed by atoms with E-state index in [-0.39, 0.29) is 11.9 Å². The molecule has 1 rings (SSSR count). The molecule has 0 heterocycles. The standard InChI is InChI=1S/C12H18N2O2/c1-10(11-6-3-2-4-7-11)16-9-5-8-12(13)14-15/h2-4,6-7,10,15H,5,8-9H2,1H3,(H2,13,14). The van der Waals surface area contributed by atoms with Crippen LogP contribution in [0.4, 0.5) is 0 Å². The first-order chi connectivity index (χ1) is 7.74. The molecule has 0 aliphatic rings. The number of rotatable bonds is 6. The number of ether oxygens (including phenoxy) is 1. The van der Waals surface area contributed by atoms with E-state index in [0.29, 0.717) is 13.0 Å². The fourth-order valence-corrected chi connectivity index (χ4v) is 1.38. The van der Waals surface area contributed by atoms with Crippen molar-refractivity contribution in [1.29, 1.82) is 0 Å². The van der Waals surface area contributed by atoms with E-state index >= 15 is 0 Å². The van der Waals surface area contributed by atoms with Crippen LogP contribution in [0.15, 0.2) is 35.5 Å². The monoisotopic (exact) mass is 222 g/mol. The highest BCUT2D eigenvalue weighted by Crippen LogP contribution is 2.15. The average Bonchev–Trinajstić information content (AvgIpc) is 2.35. The fourth-order valence-electron chi connectivity index (χ4n) is 1.38. The van der Waals surface area contributed by atoms with Gasteiger partial charge < -0.3 is 15.7 Å². The minimum Gasteiger partial charge on any atom is -0.409 e. The Hall–Kier alpha value is -1.55. The smallest absolute Gasteiger partial charge is 0.139 e. The summed E-state index contributed by atoms with van der Waals surface area (Å²) in [4.78, 5) is 0. The van der Waals surface area contributed by atoms with Crippen molar-refractivity contribution in [2.45, 2.75) is 25.9 Å². The summed E-state index contributed by atoms with van der Waals surface area (Å²) in [7, 11) is 0. The van der Waals surface area contributed by atoms with Gasteiger partial charge in [0.05, 0.1) is 6.10 Å². The van der Waals surface area contributed by atoms with Gasteiger partial charge in [0.15, 0.2) is 0 Å². The van der Waals surface area contributed by atoms with Crippen molar-refractivity contribution in [3.05, 3.63) is 35.9 Å². The van der Waals surface area contributed by atoms with Gasteiger partial charge >= 0.3 is 0 Å². The summed E-state index contributed by atoms with van der Waals surface area (Å²) in [6, 6.07) is 10.0. The molecule has 3 N–H and O–H groups in total. The van der Waals surface area contributed by atoms with E-state index in [1.54, 1.807) is 0 Å². The van der Waals surface area contributed by atoms with Crippen molar-refractivity contribution in [3.8, 4) is 0 Å². The minimum atomic E-state index is 0.0773. The van der Waals surface area contributed by atoms with Crippen molar-refractivity contribution >= 4 is 5.84 Å². The summed E-state index contributed by atoms with van der Waals surface area (Å²) in [5, 5.41) is 11.2. The second-order valence-electron chi connectivity index (χ2n) is 3.62. The lowest BCUT2D eigenvalue weighted by atomic mass is 10.1. The summed E-state index contributed by atoms with van der Waals surface area (Å²) in [6.07, 6.45) is 1.39. The number of amidine groups is 1. The molecule has 0 radical (unpaired) electrons. The van der Waals surface area contributed by atoms with E-state index < -0.39 is 0 Å². The zero-order valence-corrected chi connectivity index (χ0v) is 9.47. The Morgan fingerprint density at radius 1 is 1.44 bits per heavy atom. The number of hydrogen-bond acceptors (Lipinski definition) is 3. The van der Waals surface area contributed by atoms with Crippen LogP contribution in [0.2, 0.25) is 0 Å². The molecule has 0 fully saturated rings. The molecule has 1 aromatic rings. The molecule has 0 aliphatic carbocycles. The fraction of sp³-hybridized carbons (Fsp3) is 0.417. The molecule has 1 aromatic carbocycles. The molecule has 0 bridgehead atoms. The van der Waals surface area contributed by atoms with E-state index in [1.165, 1.54) is 0 Å². The predicted octanol–water partition coefficient (Wildman–Crippen LogP) is 2.29. The molecule has 4 heteroatoms. The van der Waals surface area contributed by atoms with Crippen molar-refractivity contribution < 1.29 is 9.94 Å². The van der Waals surface area contributed by atoms with Gasteiger partial charge in [0.2, 0.25) is 0 Å². The van der Waals surface area contributed by atoms with Gasteiger partial charge in [-0.15, -0.1) is 0 Å². The van der Waals surface area contributed by atoms with Crippen LogP contribution in [0.3, 0.4) is 0 Å². The predicted molar refractivity (Wildman–Crippen MR) is 63.5 cm³/mol. The summed E-state index contributed by atoms with van der Waals surface area (Å²) < 4.78 is 5.63. The lowest BCUT2D eigenvalue weighted by Gasteiger charge is -2.12. The third kappa shape index (κ3) is 4.31. The Balaban J connectivity index is 2.23. The normalized spacial score (nSPS) is 13.7. The SMILES string of the molecule is CC(OCCC/C(N)=N/O)c1ccccc1. The van der Waals surface area contributed by atoms with Gasteiger partial charge in [-0.1, -0.05) is 35.5 Å². The van der Waals surface area contributed by atoms with Crippen LogP contribution in [0, 0.1) is 0 Å². The lowest BCUT2D eigenvalue weighted by Crippen LogP contribution is -2.12. The molecule has 0 spiro atoms. The topological polar surface area (TPSA) is 67.8 Å². The van der Waals surface area contributed by atoms with Crippen LogP contribution >= 0.6 is 0 Å². The quantitative estimate of drug-likeness (QED) is 0.255. The van der Waals surface area contributed by atoms with Gasteiger partial charge in [-0.3, -0.25) is 0 Å². The molecule has 0 aromatic heterocycles. The average molecular weight is 222 g/mol. The maximum absolute atomic E-state index is 8.34. The molecular formula is C12H18N2O2. The summed E-state index contributed by atoms with van der Waals surface area (Å²) >= 11 is 0. The molecule has 16 heavy (non-hydrogen) atoms. The third-order valence-corrected chi connectivity index (χ3v) is 2.34. The molecule has 0 saturated carbocycles. The van der Waals surface area contributed by atoms with E-state index in [9.17, 15) is 0 Å². The van der Waals surface area contributed by atoms with Gasteiger partial charge in [-0.25, -0.2) is 0 Å². The van der Waals surface area contributed by atoms with E-state index in [2.05, 4.69) is 5.16 Å². The van der Waals surface area contributed by atoms with Gasteiger partial charge in [0.1, 0.15) is 5.84 Å². The van der Waals surface area contributed by atoms with Gasteiger partial charge in [0.25, 0.3) is 0 Å². The first kappa shape index (κ1) is 12.5. The van der Waals surface area contributed by atoms with E-state index in [0.717, 1.165) is 12.0 Å². The Morgan fingerprint density at radius 3 is 2.75 bits per heavy atom. The van der Waals surface area contributed by atoms with E-state index in [4.69, 9.17) is 15.7 Å². The Kier molecular flexibility index (Phi) is 5.36. The molecule has 0 amide bonds. The first-order valence-electron chi connectivity index (χ1n) is 5.37. The van der Waals surface area contributed by atoms with Gasteiger partial charge in [0, 0.05) is 13.0 Å². The van der Waals surface area contributed by atoms with Crippen molar-refractivity contribution in [2.24, 2.45) is 10.9 Å². The summed E-state index contributed by atoms with van der Waals surface area (Å²) in [5.74, 6) is 0.246. The zero-order chi connectivity index (χ0) is 11.8. The molecule has 88 valence electrons. The number of nitrogens with two attached hydrogens (primary N) is 1. The second kappa shape index (κ2) is 6.85. The largest absolute Gasteiger partial charge is 0.409 e. The third-order valence-electron chi connectivity index (χ3n) is 2.34. The highest BCUT2D eigenvalue weighted by atomic mass is 16.5. The van der Waals surface area contributed by atoms with Crippen LogP contribution in [0.1, 0.15) is 31.4 Å². The highest BCUT2D eigenvalue weighted by Gasteiger charge is 2.04. The van der Waals surface area contributed by atoms with Gasteiger partial charge in [-0.2, -0.15) is 0 Å². The molecule has 4 nitrogen and oxygen atoms in total. The highest BCUT2D eigenvalue weighted by molar-refractivity contribution is 5.79. The zero-order valence-electron chi connectivity index (χ0n) is 9.47. The molecular weight excluding hydrogens is 204 g/mol. The molecule has 0 saturated heterocycles. The molecule has 0 aliphatic heterocycles. The summed E-state index contributed by atoms with van der Waals surface area (Å²) in [6.45, 7) is 2.62. The maximum atomic E-state index is 8.34. The minimum absolute atomic E-state index is 0.0773. The van der Waals surface area contributed by atoms with Crippen molar-refractivity contribution in [3.63, 3.8) is 0 Å². The van der Waals surface area contributed by atoms with Crippen LogP contribution < -0.4 is 5.73 Å². The second-order valence-corrected chi connectivity index (χ2v) is 3.62. The van der Waals surface area contributed by atoms with Gasteiger partial charge in [-0.05, 0) is 18.9 Å². The van der Waals surface area contributed by atoms with Crippen LogP contribution in [-0.4, -0.2) is 17.6 Å². The van der Waals surface area contributed by atoms with Crippen molar-refractivity contribution in [1.82, 2.24) is 0 Å². The van der Waals surface area contributed by atoms with E-state index in [1.807, 2.05) is 37.3 Å². The van der Waals surface area contributed by atoms with Crippen molar-refractivity contribution in [2.75, 3.05) is 6.61 Å².